The van der Waals surface area contributed by atoms with E-state index in [1.54, 1.807) is 0 Å². The Morgan fingerprint density at radius 1 is 1.27 bits per heavy atom. The number of allylic oxidation sites excluding steroid dienone is 1. The van der Waals surface area contributed by atoms with Gasteiger partial charge in [0.25, 0.3) is 0 Å². The van der Waals surface area contributed by atoms with Gasteiger partial charge in [0, 0.05) is 18.3 Å². The Kier molecular flexibility index (Phi) is 4.22. The highest BCUT2D eigenvalue weighted by Gasteiger charge is 2.54. The minimum atomic E-state index is -0.237. The molecule has 0 amide bonds. The molecule has 4 rings (SSSR count). The molecule has 0 N–H and O–H groups in total. The van der Waals surface area contributed by atoms with Crippen LogP contribution in [-0.4, -0.2) is 26.0 Å². The van der Waals surface area contributed by atoms with Gasteiger partial charge in [-0.15, -0.1) is 0 Å². The Labute approximate surface area is 154 Å². The predicted octanol–water partition coefficient (Wildman–Crippen LogP) is 3.88. The van der Waals surface area contributed by atoms with E-state index in [0.717, 1.165) is 17.1 Å². The molecular weight excluding hydrogens is 332 g/mol. The Morgan fingerprint density at radius 2 is 2.04 bits per heavy atom. The minimum absolute atomic E-state index is 0.0336. The first-order chi connectivity index (χ1) is 12.4. The normalized spacial score (nSPS) is 35.0. The van der Waals surface area contributed by atoms with E-state index in [1.807, 2.05) is 12.1 Å². The number of carbonyl (C=O) groups is 1. The van der Waals surface area contributed by atoms with Crippen molar-refractivity contribution in [1.29, 1.82) is 0 Å². The summed E-state index contributed by atoms with van der Waals surface area (Å²) in [6.45, 7) is 9.36. The Bertz CT molecular complexity index is 755. The van der Waals surface area contributed by atoms with E-state index in [4.69, 9.17) is 18.9 Å². The van der Waals surface area contributed by atoms with Gasteiger partial charge in [0.05, 0.1) is 19.3 Å². The van der Waals surface area contributed by atoms with Crippen molar-refractivity contribution in [3.05, 3.63) is 35.4 Å². The third-order valence-electron chi connectivity index (χ3n) is 6.52. The van der Waals surface area contributed by atoms with Gasteiger partial charge in [-0.3, -0.25) is 4.79 Å². The van der Waals surface area contributed by atoms with E-state index in [1.165, 1.54) is 12.5 Å². The van der Waals surface area contributed by atoms with Crippen LogP contribution in [0, 0.1) is 23.2 Å². The quantitative estimate of drug-likeness (QED) is 0.606. The van der Waals surface area contributed by atoms with Crippen molar-refractivity contribution < 1.29 is 23.7 Å². The van der Waals surface area contributed by atoms with Gasteiger partial charge in [0.2, 0.25) is 6.79 Å². The molecule has 2 heterocycles. The van der Waals surface area contributed by atoms with Gasteiger partial charge in [-0.1, -0.05) is 31.6 Å². The summed E-state index contributed by atoms with van der Waals surface area (Å²) >= 11 is 0. The molecule has 3 aliphatic rings. The topological polar surface area (TPSA) is 54.0 Å². The maximum atomic E-state index is 11.4. The Hall–Kier alpha value is -2.01. The first-order valence-corrected chi connectivity index (χ1v) is 9.25. The lowest BCUT2D eigenvalue weighted by Crippen LogP contribution is -2.54. The lowest BCUT2D eigenvalue weighted by molar-refractivity contribution is -0.180. The van der Waals surface area contributed by atoms with Crippen LogP contribution in [0.15, 0.2) is 29.8 Å². The fourth-order valence-electron chi connectivity index (χ4n) is 4.88. The number of carbonyl (C=O) groups excluding carboxylic acids is 1. The van der Waals surface area contributed by atoms with Gasteiger partial charge in [0.15, 0.2) is 11.5 Å². The molecule has 2 aliphatic heterocycles. The van der Waals surface area contributed by atoms with E-state index < -0.39 is 0 Å². The molecule has 140 valence electrons. The largest absolute Gasteiger partial charge is 0.465 e. The van der Waals surface area contributed by atoms with Crippen LogP contribution in [0.3, 0.4) is 0 Å². The Morgan fingerprint density at radius 3 is 2.81 bits per heavy atom. The van der Waals surface area contributed by atoms with Gasteiger partial charge < -0.3 is 18.9 Å². The minimum Gasteiger partial charge on any atom is -0.465 e. The predicted molar refractivity (Wildman–Crippen MR) is 95.9 cm³/mol. The number of fused-ring (bicyclic) bond motifs is 3. The van der Waals surface area contributed by atoms with Crippen LogP contribution < -0.4 is 9.47 Å². The van der Waals surface area contributed by atoms with Gasteiger partial charge in [-0.05, 0) is 36.5 Å². The number of hydrogen-bond donors (Lipinski definition) is 0. The van der Waals surface area contributed by atoms with Gasteiger partial charge in [-0.2, -0.15) is 0 Å². The number of esters is 1. The van der Waals surface area contributed by atoms with Gasteiger partial charge in [-0.25, -0.2) is 0 Å². The van der Waals surface area contributed by atoms with Crippen LogP contribution in [0.2, 0.25) is 0 Å². The molecule has 1 saturated heterocycles. The van der Waals surface area contributed by atoms with Crippen molar-refractivity contribution >= 4 is 5.97 Å². The number of rotatable bonds is 3. The van der Waals surface area contributed by atoms with Crippen LogP contribution in [0.5, 0.6) is 11.5 Å². The summed E-state index contributed by atoms with van der Waals surface area (Å²) in [5.74, 6) is 2.21. The highest BCUT2D eigenvalue weighted by Crippen LogP contribution is 2.56. The molecule has 5 atom stereocenters. The van der Waals surface area contributed by atoms with Crippen molar-refractivity contribution in [1.82, 2.24) is 0 Å². The van der Waals surface area contributed by atoms with Crippen molar-refractivity contribution in [3.63, 3.8) is 0 Å². The summed E-state index contributed by atoms with van der Waals surface area (Å²) in [5.41, 5.74) is 2.27. The summed E-state index contributed by atoms with van der Waals surface area (Å²) in [6.07, 6.45) is 2.30. The van der Waals surface area contributed by atoms with Crippen LogP contribution in [0.1, 0.15) is 39.4 Å². The maximum Gasteiger partial charge on any atom is 0.302 e. The monoisotopic (exact) mass is 358 g/mol. The lowest BCUT2D eigenvalue weighted by atomic mass is 9.56. The fraction of sp³-hybridized carbons (Fsp3) is 0.571. The van der Waals surface area contributed by atoms with Crippen molar-refractivity contribution in [2.45, 2.75) is 33.8 Å². The molecule has 0 unspecified atom stereocenters. The van der Waals surface area contributed by atoms with E-state index in [0.29, 0.717) is 25.0 Å². The maximum absolute atomic E-state index is 11.4. The average Bonchev–Trinajstić information content (AvgIpc) is 3.06. The number of hydrogen-bond acceptors (Lipinski definition) is 5. The van der Waals surface area contributed by atoms with Gasteiger partial charge >= 0.3 is 5.97 Å². The highest BCUT2D eigenvalue weighted by atomic mass is 16.7. The molecule has 2 bridgehead atoms. The second kappa shape index (κ2) is 6.31. The molecule has 0 aromatic heterocycles. The third-order valence-corrected chi connectivity index (χ3v) is 6.52. The smallest absolute Gasteiger partial charge is 0.302 e. The van der Waals surface area contributed by atoms with Crippen LogP contribution in [-0.2, 0) is 14.3 Å². The Balaban J connectivity index is 1.67. The molecule has 5 heteroatoms. The standard InChI is InChI=1S/C21H26O5/c1-12-7-13(2)21(9-23-15(4)22)10-24-20(19(12)14(21)3)16-5-6-17-18(8-16)26-11-25-17/h5-8,13-14,19-20H,9-11H2,1-4H3/t13-,14-,19+,20-,21-/m1/s1. The summed E-state index contributed by atoms with van der Waals surface area (Å²) in [7, 11) is 0. The zero-order valence-corrected chi connectivity index (χ0v) is 15.8. The zero-order valence-electron chi connectivity index (χ0n) is 15.8. The van der Waals surface area contributed by atoms with E-state index in [9.17, 15) is 4.79 Å². The molecule has 26 heavy (non-hydrogen) atoms. The van der Waals surface area contributed by atoms with Crippen molar-refractivity contribution in [3.8, 4) is 11.5 Å². The zero-order chi connectivity index (χ0) is 18.5. The van der Waals surface area contributed by atoms with Crippen LogP contribution in [0.25, 0.3) is 0 Å². The SMILES string of the molecule is CC(=O)OC[C@@]12CO[C@H](c3ccc4c(c3)OCO4)[C@@H](C(C)=C[C@H]1C)[C@H]2C. The van der Waals surface area contributed by atoms with Crippen LogP contribution in [0.4, 0.5) is 0 Å². The van der Waals surface area contributed by atoms with E-state index >= 15 is 0 Å². The molecule has 1 aliphatic carbocycles. The third kappa shape index (κ3) is 2.60. The second-order valence-corrected chi connectivity index (χ2v) is 7.87. The molecule has 0 spiro atoms. The van der Waals surface area contributed by atoms with Crippen LogP contribution >= 0.6 is 0 Å². The molecular formula is C21H26O5. The second-order valence-electron chi connectivity index (χ2n) is 7.87. The average molecular weight is 358 g/mol. The summed E-state index contributed by atoms with van der Waals surface area (Å²) in [5, 5.41) is 0. The number of ether oxygens (including phenoxy) is 4. The van der Waals surface area contributed by atoms with E-state index in [2.05, 4.69) is 32.9 Å². The van der Waals surface area contributed by atoms with E-state index in [-0.39, 0.29) is 30.2 Å². The van der Waals surface area contributed by atoms with Crippen molar-refractivity contribution in [2.75, 3.05) is 20.0 Å². The molecule has 1 fully saturated rings. The first-order valence-electron chi connectivity index (χ1n) is 9.25. The fourth-order valence-corrected chi connectivity index (χ4v) is 4.88. The molecule has 1 aromatic carbocycles. The molecule has 0 radical (unpaired) electrons. The van der Waals surface area contributed by atoms with Gasteiger partial charge in [0.1, 0.15) is 0 Å². The highest BCUT2D eigenvalue weighted by molar-refractivity contribution is 5.66. The molecule has 1 aromatic rings. The molecule has 0 saturated carbocycles. The summed E-state index contributed by atoms with van der Waals surface area (Å²) in [6, 6.07) is 6.05. The van der Waals surface area contributed by atoms with Crippen molar-refractivity contribution in [2.24, 2.45) is 23.2 Å². The molecule has 5 nitrogen and oxygen atoms in total. The summed E-state index contributed by atoms with van der Waals surface area (Å²) in [4.78, 5) is 11.4. The first kappa shape index (κ1) is 17.4. The lowest BCUT2D eigenvalue weighted by Gasteiger charge is -2.55. The summed E-state index contributed by atoms with van der Waals surface area (Å²) < 4.78 is 22.8. The number of benzene rings is 1.